The van der Waals surface area contributed by atoms with Gasteiger partial charge in [0.1, 0.15) is 16.9 Å². The average molecular weight is 391 g/mol. The lowest BCUT2D eigenvalue weighted by atomic mass is 10.0. The summed E-state index contributed by atoms with van der Waals surface area (Å²) in [5.74, 6) is 0.778. The molecule has 28 heavy (non-hydrogen) atoms. The van der Waals surface area contributed by atoms with Crippen molar-refractivity contribution in [1.82, 2.24) is 10.2 Å². The van der Waals surface area contributed by atoms with Crippen molar-refractivity contribution < 1.29 is 9.21 Å². The smallest absolute Gasteiger partial charge is 0.256 e. The molecule has 2 aromatic heterocycles. The van der Waals surface area contributed by atoms with E-state index in [1.807, 2.05) is 30.4 Å². The molecule has 1 aromatic carbocycles. The molecule has 6 heteroatoms. The molecule has 2 aliphatic heterocycles. The Bertz CT molecular complexity index is 1010. The van der Waals surface area contributed by atoms with Crippen LogP contribution < -0.4 is 10.6 Å². The molecule has 2 aliphatic rings. The highest BCUT2D eigenvalue weighted by Gasteiger charge is 2.32. The van der Waals surface area contributed by atoms with E-state index in [9.17, 15) is 4.79 Å². The fraction of sp³-hybridized carbons (Fsp3) is 0.227. The Morgan fingerprint density at radius 2 is 2.07 bits per heavy atom. The number of anilines is 1. The summed E-state index contributed by atoms with van der Waals surface area (Å²) in [5, 5.41) is 7.46. The SMILES string of the molecule is O=C1N[C@@H](/C=C/c2ccco2)Nc2sc3c(c21)CCN(Cc1ccccc1)C3. The van der Waals surface area contributed by atoms with Crippen LogP contribution in [-0.4, -0.2) is 23.5 Å². The van der Waals surface area contributed by atoms with E-state index in [2.05, 4.69) is 39.8 Å². The van der Waals surface area contributed by atoms with Gasteiger partial charge in [0.25, 0.3) is 5.91 Å². The lowest BCUT2D eigenvalue weighted by molar-refractivity contribution is 0.0942. The molecule has 1 amide bonds. The Balaban J connectivity index is 1.33. The zero-order valence-electron chi connectivity index (χ0n) is 15.4. The van der Waals surface area contributed by atoms with Gasteiger partial charge in [-0.3, -0.25) is 9.69 Å². The van der Waals surface area contributed by atoms with E-state index in [-0.39, 0.29) is 12.1 Å². The normalized spacial score (nSPS) is 19.1. The first-order valence-electron chi connectivity index (χ1n) is 9.46. The first-order chi connectivity index (χ1) is 13.8. The zero-order valence-corrected chi connectivity index (χ0v) is 16.2. The molecule has 3 aromatic rings. The molecule has 5 rings (SSSR count). The van der Waals surface area contributed by atoms with Crippen molar-refractivity contribution in [3.05, 3.63) is 82.1 Å². The summed E-state index contributed by atoms with van der Waals surface area (Å²) in [6.45, 7) is 2.81. The van der Waals surface area contributed by atoms with E-state index in [4.69, 9.17) is 4.42 Å². The molecule has 0 spiro atoms. The third kappa shape index (κ3) is 3.37. The molecule has 0 unspecified atom stereocenters. The van der Waals surface area contributed by atoms with Crippen LogP contribution in [0.5, 0.6) is 0 Å². The first kappa shape index (κ1) is 17.3. The highest BCUT2D eigenvalue weighted by molar-refractivity contribution is 7.16. The van der Waals surface area contributed by atoms with Gasteiger partial charge in [0.2, 0.25) is 0 Å². The van der Waals surface area contributed by atoms with Crippen molar-refractivity contribution in [2.45, 2.75) is 25.7 Å². The number of thiophene rings is 1. The quantitative estimate of drug-likeness (QED) is 0.703. The molecule has 0 fully saturated rings. The van der Waals surface area contributed by atoms with Gasteiger partial charge in [-0.2, -0.15) is 0 Å². The number of rotatable bonds is 4. The first-order valence-corrected chi connectivity index (χ1v) is 10.3. The van der Waals surface area contributed by atoms with Crippen LogP contribution in [0.3, 0.4) is 0 Å². The number of nitrogens with one attached hydrogen (secondary N) is 2. The molecule has 4 heterocycles. The zero-order chi connectivity index (χ0) is 18.9. The lowest BCUT2D eigenvalue weighted by Crippen LogP contribution is -2.43. The van der Waals surface area contributed by atoms with Gasteiger partial charge in [-0.25, -0.2) is 0 Å². The summed E-state index contributed by atoms with van der Waals surface area (Å²) in [6.07, 6.45) is 6.11. The van der Waals surface area contributed by atoms with Gasteiger partial charge in [-0.1, -0.05) is 30.3 Å². The second kappa shape index (κ2) is 7.30. The molecule has 1 atom stereocenters. The summed E-state index contributed by atoms with van der Waals surface area (Å²) in [6, 6.07) is 14.3. The molecular weight excluding hydrogens is 370 g/mol. The molecule has 0 aliphatic carbocycles. The fourth-order valence-corrected chi connectivity index (χ4v) is 5.16. The number of furan rings is 1. The number of fused-ring (bicyclic) bond motifs is 3. The molecule has 142 valence electrons. The van der Waals surface area contributed by atoms with E-state index in [0.717, 1.165) is 42.4 Å². The molecule has 0 saturated carbocycles. The molecule has 0 radical (unpaired) electrons. The fourth-order valence-electron chi connectivity index (χ4n) is 3.84. The highest BCUT2D eigenvalue weighted by atomic mass is 32.1. The van der Waals surface area contributed by atoms with Crippen LogP contribution in [0.25, 0.3) is 6.08 Å². The Morgan fingerprint density at radius 3 is 2.89 bits per heavy atom. The van der Waals surface area contributed by atoms with Crippen molar-refractivity contribution in [3.63, 3.8) is 0 Å². The summed E-state index contributed by atoms with van der Waals surface area (Å²) in [4.78, 5) is 16.5. The Labute approximate surface area is 167 Å². The van der Waals surface area contributed by atoms with Gasteiger partial charge in [-0.05, 0) is 41.8 Å². The standard InChI is InChI=1S/C22H21N3O2S/c26-21-20-17-10-11-25(13-15-5-2-1-3-6-15)14-18(17)28-22(20)24-19(23-21)9-8-16-7-4-12-27-16/h1-9,12,19,24H,10-11,13-14H2,(H,23,26)/b9-8+/t19-/m1/s1. The predicted molar refractivity (Wildman–Crippen MR) is 111 cm³/mol. The average Bonchev–Trinajstić information content (AvgIpc) is 3.34. The topological polar surface area (TPSA) is 57.5 Å². The van der Waals surface area contributed by atoms with E-state index < -0.39 is 0 Å². The van der Waals surface area contributed by atoms with Crippen LogP contribution in [0.1, 0.15) is 32.1 Å². The Kier molecular flexibility index (Phi) is 4.50. The number of benzene rings is 1. The van der Waals surface area contributed by atoms with Gasteiger partial charge in [0, 0.05) is 24.5 Å². The number of nitrogens with zero attached hydrogens (tertiary/aromatic N) is 1. The number of carbonyl (C=O) groups excluding carboxylic acids is 1. The van der Waals surface area contributed by atoms with Crippen LogP contribution >= 0.6 is 11.3 Å². The van der Waals surface area contributed by atoms with E-state index in [0.29, 0.717) is 0 Å². The maximum Gasteiger partial charge on any atom is 0.256 e. The minimum Gasteiger partial charge on any atom is -0.465 e. The minimum atomic E-state index is -0.231. The van der Waals surface area contributed by atoms with Crippen molar-refractivity contribution in [1.29, 1.82) is 0 Å². The number of carbonyl (C=O) groups is 1. The Hall–Kier alpha value is -2.83. The molecule has 2 N–H and O–H groups in total. The molecular formula is C22H21N3O2S. The predicted octanol–water partition coefficient (Wildman–Crippen LogP) is 4.09. The van der Waals surface area contributed by atoms with Crippen molar-refractivity contribution >= 4 is 28.3 Å². The number of hydrogen-bond donors (Lipinski definition) is 2. The summed E-state index contributed by atoms with van der Waals surface area (Å²) in [7, 11) is 0. The largest absolute Gasteiger partial charge is 0.465 e. The third-order valence-corrected chi connectivity index (χ3v) is 6.33. The molecule has 0 bridgehead atoms. The third-order valence-electron chi connectivity index (χ3n) is 5.18. The summed E-state index contributed by atoms with van der Waals surface area (Å²) < 4.78 is 5.32. The maximum absolute atomic E-state index is 12.7. The van der Waals surface area contributed by atoms with Crippen LogP contribution in [0.15, 0.2) is 59.2 Å². The number of amides is 1. The second-order valence-corrected chi connectivity index (χ2v) is 8.23. The van der Waals surface area contributed by atoms with E-state index in [1.54, 1.807) is 17.6 Å². The van der Waals surface area contributed by atoms with Crippen molar-refractivity contribution in [2.24, 2.45) is 0 Å². The highest BCUT2D eigenvalue weighted by Crippen LogP contribution is 2.39. The van der Waals surface area contributed by atoms with Crippen LogP contribution in [0.4, 0.5) is 5.00 Å². The van der Waals surface area contributed by atoms with Gasteiger partial charge in [-0.15, -0.1) is 11.3 Å². The monoisotopic (exact) mass is 391 g/mol. The van der Waals surface area contributed by atoms with Gasteiger partial charge >= 0.3 is 0 Å². The van der Waals surface area contributed by atoms with Gasteiger partial charge < -0.3 is 15.1 Å². The Morgan fingerprint density at radius 1 is 1.18 bits per heavy atom. The van der Waals surface area contributed by atoms with E-state index in [1.165, 1.54) is 16.0 Å². The minimum absolute atomic E-state index is 0.0110. The summed E-state index contributed by atoms with van der Waals surface area (Å²) >= 11 is 1.71. The molecule has 0 saturated heterocycles. The number of hydrogen-bond acceptors (Lipinski definition) is 5. The summed E-state index contributed by atoms with van der Waals surface area (Å²) in [5.41, 5.74) is 3.37. The van der Waals surface area contributed by atoms with Gasteiger partial charge in [0.15, 0.2) is 0 Å². The molecule has 5 nitrogen and oxygen atoms in total. The van der Waals surface area contributed by atoms with E-state index >= 15 is 0 Å². The van der Waals surface area contributed by atoms with Gasteiger partial charge in [0.05, 0.1) is 11.8 Å². The van der Waals surface area contributed by atoms with Crippen molar-refractivity contribution in [3.8, 4) is 0 Å². The maximum atomic E-state index is 12.7. The van der Waals surface area contributed by atoms with Crippen LogP contribution in [0.2, 0.25) is 0 Å². The second-order valence-electron chi connectivity index (χ2n) is 7.12. The van der Waals surface area contributed by atoms with Crippen LogP contribution in [0, 0.1) is 0 Å². The van der Waals surface area contributed by atoms with Crippen molar-refractivity contribution in [2.75, 3.05) is 11.9 Å². The lowest BCUT2D eigenvalue weighted by Gasteiger charge is -2.28. The van der Waals surface area contributed by atoms with Crippen LogP contribution in [-0.2, 0) is 19.5 Å².